The van der Waals surface area contributed by atoms with E-state index in [9.17, 15) is 10.1 Å². The van der Waals surface area contributed by atoms with E-state index < -0.39 is 0 Å². The van der Waals surface area contributed by atoms with Crippen LogP contribution >= 0.6 is 11.3 Å². The van der Waals surface area contributed by atoms with Crippen LogP contribution in [0.2, 0.25) is 0 Å². The second-order valence-electron chi connectivity index (χ2n) is 4.86. The summed E-state index contributed by atoms with van der Waals surface area (Å²) in [7, 11) is 0. The van der Waals surface area contributed by atoms with Gasteiger partial charge in [0, 0.05) is 20.0 Å². The van der Waals surface area contributed by atoms with Gasteiger partial charge in [0.2, 0.25) is 0 Å². The van der Waals surface area contributed by atoms with Crippen LogP contribution in [0.15, 0.2) is 0 Å². The van der Waals surface area contributed by atoms with E-state index >= 15 is 0 Å². The van der Waals surface area contributed by atoms with Crippen LogP contribution in [0, 0.1) is 17.2 Å². The second kappa shape index (κ2) is 4.99. The molecule has 2 N–H and O–H groups in total. The van der Waals surface area contributed by atoms with Crippen molar-refractivity contribution < 1.29 is 4.79 Å². The average molecular weight is 263 g/mol. The number of anilines is 2. The van der Waals surface area contributed by atoms with Crippen molar-refractivity contribution in [3.8, 4) is 6.07 Å². The third-order valence-electron chi connectivity index (χ3n) is 3.43. The third kappa shape index (κ3) is 2.21. The van der Waals surface area contributed by atoms with Gasteiger partial charge in [-0.2, -0.15) is 5.26 Å². The highest BCUT2D eigenvalue weighted by atomic mass is 32.1. The first-order valence-electron chi connectivity index (χ1n) is 6.12. The molecule has 0 unspecified atom stereocenters. The number of nitrogens with two attached hydrogens (primary N) is 1. The number of thiophene rings is 1. The quantitative estimate of drug-likeness (QED) is 0.833. The summed E-state index contributed by atoms with van der Waals surface area (Å²) in [5.41, 5.74) is 6.71. The minimum atomic E-state index is -0.0642. The fraction of sp³-hybridized carbons (Fsp3) is 0.538. The summed E-state index contributed by atoms with van der Waals surface area (Å²) in [6.07, 6.45) is 2.25. The summed E-state index contributed by atoms with van der Waals surface area (Å²) in [6, 6.07) is 2.14. The maximum Gasteiger partial charge on any atom is 0.171 e. The van der Waals surface area contributed by atoms with Crippen molar-refractivity contribution >= 4 is 27.8 Å². The summed E-state index contributed by atoms with van der Waals surface area (Å²) in [6.45, 7) is 5.61. The number of nitrogen functional groups attached to an aromatic ring is 1. The van der Waals surface area contributed by atoms with Crippen LogP contribution in [0.5, 0.6) is 0 Å². The number of nitrogens with zero attached hydrogens (tertiary/aromatic N) is 2. The van der Waals surface area contributed by atoms with E-state index in [4.69, 9.17) is 5.73 Å². The molecular formula is C13H17N3OS. The smallest absolute Gasteiger partial charge is 0.171 e. The minimum absolute atomic E-state index is 0.0642. The molecule has 0 bridgehead atoms. The van der Waals surface area contributed by atoms with Gasteiger partial charge in [-0.15, -0.1) is 11.3 Å². The molecule has 96 valence electrons. The molecule has 0 atom stereocenters. The lowest BCUT2D eigenvalue weighted by molar-refractivity contribution is 0.102. The minimum Gasteiger partial charge on any atom is -0.396 e. The van der Waals surface area contributed by atoms with Gasteiger partial charge in [-0.05, 0) is 18.8 Å². The number of nitriles is 1. The van der Waals surface area contributed by atoms with Crippen molar-refractivity contribution in [3.63, 3.8) is 0 Å². The highest BCUT2D eigenvalue weighted by Gasteiger charge is 2.25. The number of hydrogen-bond donors (Lipinski definition) is 1. The fourth-order valence-electron chi connectivity index (χ4n) is 2.24. The summed E-state index contributed by atoms with van der Waals surface area (Å²) < 4.78 is 0. The zero-order valence-electron chi connectivity index (χ0n) is 10.7. The first-order valence-corrected chi connectivity index (χ1v) is 6.94. The first kappa shape index (κ1) is 12.9. The molecule has 2 rings (SSSR count). The van der Waals surface area contributed by atoms with Crippen molar-refractivity contribution in [3.05, 3.63) is 10.4 Å². The topological polar surface area (TPSA) is 70.1 Å². The first-order chi connectivity index (χ1) is 8.54. The Balaban J connectivity index is 2.36. The van der Waals surface area contributed by atoms with E-state index in [0.717, 1.165) is 36.9 Å². The van der Waals surface area contributed by atoms with Gasteiger partial charge < -0.3 is 10.6 Å². The molecule has 0 amide bonds. The van der Waals surface area contributed by atoms with Crippen molar-refractivity contribution in [1.29, 1.82) is 5.26 Å². The van der Waals surface area contributed by atoms with Crippen LogP contribution in [-0.2, 0) is 0 Å². The summed E-state index contributed by atoms with van der Waals surface area (Å²) >= 11 is 1.36. The van der Waals surface area contributed by atoms with Gasteiger partial charge in [0.05, 0.1) is 10.6 Å². The normalized spacial score (nSPS) is 16.6. The standard InChI is InChI=1S/C13H17N3OS/c1-8-3-5-16(6-4-8)13-10(7-14)11(15)12(18-13)9(2)17/h8H,3-6,15H2,1-2H3. The average Bonchev–Trinajstić information content (AvgIpc) is 2.67. The number of carbonyl (C=O) groups is 1. The van der Waals surface area contributed by atoms with Crippen LogP contribution in [0.1, 0.15) is 41.9 Å². The molecule has 0 spiro atoms. The predicted molar refractivity (Wildman–Crippen MR) is 74.1 cm³/mol. The van der Waals surface area contributed by atoms with Crippen LogP contribution in [0.3, 0.4) is 0 Å². The summed E-state index contributed by atoms with van der Waals surface area (Å²) in [5.74, 6) is 0.669. The highest BCUT2D eigenvalue weighted by molar-refractivity contribution is 7.19. The van der Waals surface area contributed by atoms with Gasteiger partial charge in [0.15, 0.2) is 5.78 Å². The van der Waals surface area contributed by atoms with Gasteiger partial charge in [0.25, 0.3) is 0 Å². The number of carbonyl (C=O) groups excluding carboxylic acids is 1. The van der Waals surface area contributed by atoms with E-state index in [1.165, 1.54) is 18.3 Å². The Hall–Kier alpha value is -1.54. The van der Waals surface area contributed by atoms with E-state index in [0.29, 0.717) is 16.1 Å². The molecule has 0 aliphatic carbocycles. The molecule has 1 aromatic rings. The molecule has 2 heterocycles. The Morgan fingerprint density at radius 3 is 2.61 bits per heavy atom. The molecule has 0 radical (unpaired) electrons. The van der Waals surface area contributed by atoms with Crippen molar-refractivity contribution in [2.45, 2.75) is 26.7 Å². The van der Waals surface area contributed by atoms with E-state index in [1.54, 1.807) is 0 Å². The molecule has 1 aromatic heterocycles. The van der Waals surface area contributed by atoms with Gasteiger partial charge in [-0.3, -0.25) is 4.79 Å². The maximum absolute atomic E-state index is 11.5. The largest absolute Gasteiger partial charge is 0.396 e. The van der Waals surface area contributed by atoms with Crippen molar-refractivity contribution in [1.82, 2.24) is 0 Å². The Morgan fingerprint density at radius 2 is 2.11 bits per heavy atom. The highest BCUT2D eigenvalue weighted by Crippen LogP contribution is 2.39. The fourth-order valence-corrected chi connectivity index (χ4v) is 3.35. The van der Waals surface area contributed by atoms with Crippen molar-refractivity contribution in [2.24, 2.45) is 5.92 Å². The van der Waals surface area contributed by atoms with Gasteiger partial charge in [-0.25, -0.2) is 0 Å². The molecule has 1 aliphatic heterocycles. The van der Waals surface area contributed by atoms with E-state index in [2.05, 4.69) is 17.9 Å². The maximum atomic E-state index is 11.5. The third-order valence-corrected chi connectivity index (χ3v) is 4.80. The molecule has 1 saturated heterocycles. The monoisotopic (exact) mass is 263 g/mol. The number of rotatable bonds is 2. The molecule has 5 heteroatoms. The Morgan fingerprint density at radius 1 is 1.50 bits per heavy atom. The number of piperidine rings is 1. The molecule has 18 heavy (non-hydrogen) atoms. The SMILES string of the molecule is CC(=O)c1sc(N2CCC(C)CC2)c(C#N)c1N. The van der Waals surface area contributed by atoms with Crippen LogP contribution in [0.25, 0.3) is 0 Å². The van der Waals surface area contributed by atoms with Gasteiger partial charge in [-0.1, -0.05) is 6.92 Å². The lowest BCUT2D eigenvalue weighted by Gasteiger charge is -2.31. The lowest BCUT2D eigenvalue weighted by Crippen LogP contribution is -2.32. The van der Waals surface area contributed by atoms with Crippen LogP contribution in [0.4, 0.5) is 10.7 Å². The van der Waals surface area contributed by atoms with Crippen LogP contribution in [-0.4, -0.2) is 18.9 Å². The Labute approximate surface area is 111 Å². The number of hydrogen-bond acceptors (Lipinski definition) is 5. The molecule has 0 aromatic carbocycles. The van der Waals surface area contributed by atoms with E-state index in [1.807, 2.05) is 0 Å². The van der Waals surface area contributed by atoms with Gasteiger partial charge in [0.1, 0.15) is 16.6 Å². The number of ketones is 1. The Kier molecular flexibility index (Phi) is 3.58. The van der Waals surface area contributed by atoms with Crippen LogP contribution < -0.4 is 10.6 Å². The molecule has 4 nitrogen and oxygen atoms in total. The molecule has 0 saturated carbocycles. The molecule has 1 aliphatic rings. The van der Waals surface area contributed by atoms with Crippen molar-refractivity contribution in [2.75, 3.05) is 23.7 Å². The summed E-state index contributed by atoms with van der Waals surface area (Å²) in [4.78, 5) is 14.2. The zero-order valence-corrected chi connectivity index (χ0v) is 11.5. The zero-order chi connectivity index (χ0) is 13.3. The second-order valence-corrected chi connectivity index (χ2v) is 5.86. The molecule has 1 fully saturated rings. The van der Waals surface area contributed by atoms with E-state index in [-0.39, 0.29) is 5.78 Å². The predicted octanol–water partition coefficient (Wildman–Crippen LogP) is 2.64. The van der Waals surface area contributed by atoms with Gasteiger partial charge >= 0.3 is 0 Å². The Bertz CT molecular complexity index is 507. The molecular weight excluding hydrogens is 246 g/mol. The lowest BCUT2D eigenvalue weighted by atomic mass is 9.99. The summed E-state index contributed by atoms with van der Waals surface area (Å²) in [5, 5.41) is 10.1. The number of Topliss-reactive ketones (excluding diaryl/α,β-unsaturated/α-hetero) is 1.